The fourth-order valence-electron chi connectivity index (χ4n) is 1.84. The highest BCUT2D eigenvalue weighted by Gasteiger charge is 2.04. The molecule has 1 aromatic carbocycles. The Bertz CT molecular complexity index is 317. The van der Waals surface area contributed by atoms with Gasteiger partial charge in [-0.3, -0.25) is 0 Å². The third kappa shape index (κ3) is 5.80. The van der Waals surface area contributed by atoms with Crippen LogP contribution in [0.4, 0.5) is 4.39 Å². The second kappa shape index (κ2) is 8.20. The van der Waals surface area contributed by atoms with Gasteiger partial charge in [-0.15, -0.1) is 0 Å². The zero-order valence-corrected chi connectivity index (χ0v) is 10.5. The van der Waals surface area contributed by atoms with E-state index >= 15 is 0 Å². The molecule has 0 spiro atoms. The van der Waals surface area contributed by atoms with Gasteiger partial charge in [0.05, 0.1) is 0 Å². The highest BCUT2D eigenvalue weighted by molar-refractivity contribution is 5.16. The van der Waals surface area contributed by atoms with Crippen LogP contribution in [0.1, 0.15) is 31.2 Å². The van der Waals surface area contributed by atoms with E-state index < -0.39 is 0 Å². The van der Waals surface area contributed by atoms with Gasteiger partial charge < -0.3 is 10.0 Å². The molecular weight excluding hydrogens is 217 g/mol. The number of rotatable bonds is 8. The molecule has 0 unspecified atom stereocenters. The maximum Gasteiger partial charge on any atom is 0.127 e. The summed E-state index contributed by atoms with van der Waals surface area (Å²) in [7, 11) is 2.01. The minimum Gasteiger partial charge on any atom is -0.396 e. The number of benzene rings is 1. The first-order chi connectivity index (χ1) is 8.24. The number of halogens is 1. The van der Waals surface area contributed by atoms with Gasteiger partial charge in [0.15, 0.2) is 0 Å². The normalized spacial score (nSPS) is 11.1. The van der Waals surface area contributed by atoms with Crippen LogP contribution in [0.2, 0.25) is 0 Å². The number of aliphatic hydroxyl groups is 1. The Labute approximate surface area is 103 Å². The van der Waals surface area contributed by atoms with Crippen LogP contribution in [0.5, 0.6) is 0 Å². The summed E-state index contributed by atoms with van der Waals surface area (Å²) in [4.78, 5) is 2.14. The molecule has 0 saturated heterocycles. The van der Waals surface area contributed by atoms with Crippen molar-refractivity contribution in [3.8, 4) is 0 Å². The van der Waals surface area contributed by atoms with E-state index in [1.54, 1.807) is 6.07 Å². The van der Waals surface area contributed by atoms with Crippen LogP contribution in [-0.4, -0.2) is 30.2 Å². The molecule has 0 saturated carbocycles. The molecule has 0 bridgehead atoms. The van der Waals surface area contributed by atoms with Gasteiger partial charge in [0, 0.05) is 18.7 Å². The predicted molar refractivity (Wildman–Crippen MR) is 68.3 cm³/mol. The maximum absolute atomic E-state index is 13.4. The van der Waals surface area contributed by atoms with Crippen molar-refractivity contribution in [2.24, 2.45) is 0 Å². The third-order valence-electron chi connectivity index (χ3n) is 2.85. The Balaban J connectivity index is 2.21. The fraction of sp³-hybridized carbons (Fsp3) is 0.571. The molecule has 1 rings (SSSR count). The quantitative estimate of drug-likeness (QED) is 0.705. The Hall–Kier alpha value is -0.930. The summed E-state index contributed by atoms with van der Waals surface area (Å²) >= 11 is 0. The van der Waals surface area contributed by atoms with Crippen molar-refractivity contribution in [3.63, 3.8) is 0 Å². The van der Waals surface area contributed by atoms with Crippen LogP contribution >= 0.6 is 0 Å². The second-order valence-corrected chi connectivity index (χ2v) is 4.47. The van der Waals surface area contributed by atoms with E-state index in [1.165, 1.54) is 6.07 Å². The first-order valence-electron chi connectivity index (χ1n) is 6.27. The van der Waals surface area contributed by atoms with Gasteiger partial charge >= 0.3 is 0 Å². The second-order valence-electron chi connectivity index (χ2n) is 4.47. The zero-order chi connectivity index (χ0) is 12.5. The molecule has 0 aliphatic heterocycles. The van der Waals surface area contributed by atoms with E-state index in [4.69, 9.17) is 5.11 Å². The predicted octanol–water partition coefficient (Wildman–Crippen LogP) is 2.81. The Morgan fingerprint density at radius 1 is 1.12 bits per heavy atom. The SMILES string of the molecule is CN(CCCCCCO)Cc1ccccc1F. The molecule has 0 radical (unpaired) electrons. The number of hydrogen-bond acceptors (Lipinski definition) is 2. The minimum absolute atomic E-state index is 0.125. The molecule has 17 heavy (non-hydrogen) atoms. The van der Waals surface area contributed by atoms with Crippen LogP contribution < -0.4 is 0 Å². The van der Waals surface area contributed by atoms with E-state index in [2.05, 4.69) is 4.90 Å². The zero-order valence-electron chi connectivity index (χ0n) is 10.5. The molecule has 1 aromatic rings. The molecular formula is C14H22FNO. The lowest BCUT2D eigenvalue weighted by Gasteiger charge is -2.16. The molecule has 0 aliphatic carbocycles. The third-order valence-corrected chi connectivity index (χ3v) is 2.85. The van der Waals surface area contributed by atoms with Crippen molar-refractivity contribution in [1.82, 2.24) is 4.90 Å². The van der Waals surface area contributed by atoms with Crippen LogP contribution in [0.3, 0.4) is 0 Å². The molecule has 2 nitrogen and oxygen atoms in total. The van der Waals surface area contributed by atoms with Gasteiger partial charge in [0.25, 0.3) is 0 Å². The van der Waals surface area contributed by atoms with E-state index in [0.717, 1.165) is 37.8 Å². The first kappa shape index (κ1) is 14.1. The lowest BCUT2D eigenvalue weighted by atomic mass is 10.1. The maximum atomic E-state index is 13.4. The number of nitrogens with zero attached hydrogens (tertiary/aromatic N) is 1. The molecule has 0 aliphatic rings. The van der Waals surface area contributed by atoms with E-state index in [1.807, 2.05) is 19.2 Å². The highest BCUT2D eigenvalue weighted by Crippen LogP contribution is 2.09. The summed E-state index contributed by atoms with van der Waals surface area (Å²) in [5.74, 6) is -0.125. The van der Waals surface area contributed by atoms with Crippen molar-refractivity contribution in [1.29, 1.82) is 0 Å². The summed E-state index contributed by atoms with van der Waals surface area (Å²) < 4.78 is 13.4. The van der Waals surface area contributed by atoms with Crippen molar-refractivity contribution < 1.29 is 9.50 Å². The van der Waals surface area contributed by atoms with Gasteiger partial charge in [0.1, 0.15) is 5.82 Å². The van der Waals surface area contributed by atoms with Crippen molar-refractivity contribution in [2.75, 3.05) is 20.2 Å². The van der Waals surface area contributed by atoms with Crippen LogP contribution in [0.15, 0.2) is 24.3 Å². The lowest BCUT2D eigenvalue weighted by Crippen LogP contribution is -2.19. The molecule has 0 heterocycles. The molecule has 0 aromatic heterocycles. The first-order valence-corrected chi connectivity index (χ1v) is 6.27. The topological polar surface area (TPSA) is 23.5 Å². The summed E-state index contributed by atoms with van der Waals surface area (Å²) in [6.07, 6.45) is 4.19. The van der Waals surface area contributed by atoms with Crippen LogP contribution in [0, 0.1) is 5.82 Å². The Kier molecular flexibility index (Phi) is 6.82. The van der Waals surface area contributed by atoms with E-state index in [0.29, 0.717) is 6.54 Å². The molecule has 1 N–H and O–H groups in total. The highest BCUT2D eigenvalue weighted by atomic mass is 19.1. The molecule has 0 amide bonds. The summed E-state index contributed by atoms with van der Waals surface area (Å²) in [6.45, 7) is 1.91. The van der Waals surface area contributed by atoms with Crippen molar-refractivity contribution in [2.45, 2.75) is 32.2 Å². The van der Waals surface area contributed by atoms with Crippen molar-refractivity contribution >= 4 is 0 Å². The molecule has 0 atom stereocenters. The van der Waals surface area contributed by atoms with Gasteiger partial charge in [-0.05, 0) is 32.5 Å². The smallest absolute Gasteiger partial charge is 0.127 e. The van der Waals surface area contributed by atoms with Gasteiger partial charge in [-0.1, -0.05) is 31.0 Å². The van der Waals surface area contributed by atoms with Gasteiger partial charge in [0.2, 0.25) is 0 Å². The monoisotopic (exact) mass is 239 g/mol. The molecule has 96 valence electrons. The Morgan fingerprint density at radius 2 is 1.82 bits per heavy atom. The lowest BCUT2D eigenvalue weighted by molar-refractivity contribution is 0.276. The van der Waals surface area contributed by atoms with Gasteiger partial charge in [-0.25, -0.2) is 4.39 Å². The summed E-state index contributed by atoms with van der Waals surface area (Å²) in [6, 6.07) is 6.92. The number of hydrogen-bond donors (Lipinski definition) is 1. The summed E-state index contributed by atoms with van der Waals surface area (Å²) in [5.41, 5.74) is 0.755. The minimum atomic E-state index is -0.125. The fourth-order valence-corrected chi connectivity index (χ4v) is 1.84. The van der Waals surface area contributed by atoms with Crippen LogP contribution in [-0.2, 0) is 6.54 Å². The number of unbranched alkanes of at least 4 members (excludes halogenated alkanes) is 3. The largest absolute Gasteiger partial charge is 0.396 e. The summed E-state index contributed by atoms with van der Waals surface area (Å²) in [5, 5.41) is 8.65. The average Bonchev–Trinajstić information content (AvgIpc) is 2.32. The van der Waals surface area contributed by atoms with Gasteiger partial charge in [-0.2, -0.15) is 0 Å². The Morgan fingerprint density at radius 3 is 2.53 bits per heavy atom. The molecule has 3 heteroatoms. The molecule has 0 fully saturated rings. The van der Waals surface area contributed by atoms with Crippen molar-refractivity contribution in [3.05, 3.63) is 35.6 Å². The average molecular weight is 239 g/mol. The number of aliphatic hydroxyl groups excluding tert-OH is 1. The van der Waals surface area contributed by atoms with E-state index in [9.17, 15) is 4.39 Å². The standard InChI is InChI=1S/C14H22FNO/c1-16(10-6-2-3-7-11-17)12-13-8-4-5-9-14(13)15/h4-5,8-9,17H,2-3,6-7,10-12H2,1H3. The van der Waals surface area contributed by atoms with Crippen LogP contribution in [0.25, 0.3) is 0 Å². The van der Waals surface area contributed by atoms with E-state index in [-0.39, 0.29) is 12.4 Å².